The van der Waals surface area contributed by atoms with Gasteiger partial charge in [0.2, 0.25) is 0 Å². The molecule has 0 aliphatic heterocycles. The Labute approximate surface area is 118 Å². The highest BCUT2D eigenvalue weighted by atomic mass is 19.1. The van der Waals surface area contributed by atoms with Crippen molar-refractivity contribution in [3.05, 3.63) is 53.8 Å². The lowest BCUT2D eigenvalue weighted by Gasteiger charge is -2.22. The van der Waals surface area contributed by atoms with Crippen molar-refractivity contribution >= 4 is 11.4 Å². The van der Waals surface area contributed by atoms with Crippen LogP contribution in [-0.4, -0.2) is 19.2 Å². The van der Waals surface area contributed by atoms with E-state index in [1.165, 1.54) is 6.07 Å². The first kappa shape index (κ1) is 14.2. The van der Waals surface area contributed by atoms with Gasteiger partial charge >= 0.3 is 0 Å². The van der Waals surface area contributed by atoms with Gasteiger partial charge in [0.1, 0.15) is 11.6 Å². The zero-order valence-electron chi connectivity index (χ0n) is 11.9. The van der Waals surface area contributed by atoms with E-state index in [0.717, 1.165) is 17.4 Å². The molecular weight excluding hydrogens is 255 g/mol. The van der Waals surface area contributed by atoms with E-state index in [-0.39, 0.29) is 11.8 Å². The first-order chi connectivity index (χ1) is 9.49. The van der Waals surface area contributed by atoms with Gasteiger partial charge in [-0.25, -0.2) is 4.39 Å². The molecule has 0 bridgehead atoms. The number of anilines is 2. The molecule has 2 rings (SSSR count). The summed E-state index contributed by atoms with van der Waals surface area (Å²) in [5.74, 6) is -0.473. The van der Waals surface area contributed by atoms with Crippen LogP contribution in [0.25, 0.3) is 0 Å². The molecule has 0 aromatic heterocycles. The van der Waals surface area contributed by atoms with Crippen LogP contribution in [0.15, 0.2) is 42.5 Å². The molecule has 2 aromatic rings. The SMILES string of the molecule is CC(Nc1ccccc1N(C)C)c1ccc(F)cc1O. The molecule has 1 unspecified atom stereocenters. The normalized spacial score (nSPS) is 12.0. The van der Waals surface area contributed by atoms with Crippen LogP contribution >= 0.6 is 0 Å². The number of benzene rings is 2. The van der Waals surface area contributed by atoms with Gasteiger partial charge in [0.05, 0.1) is 17.4 Å². The lowest BCUT2D eigenvalue weighted by atomic mass is 10.1. The third kappa shape index (κ3) is 3.02. The summed E-state index contributed by atoms with van der Waals surface area (Å²) in [6.45, 7) is 1.93. The summed E-state index contributed by atoms with van der Waals surface area (Å²) in [4.78, 5) is 2.01. The minimum absolute atomic E-state index is 0.0349. The number of phenolic OH excluding ortho intramolecular Hbond substituents is 1. The fraction of sp³-hybridized carbons (Fsp3) is 0.250. The highest BCUT2D eigenvalue weighted by Crippen LogP contribution is 2.31. The van der Waals surface area contributed by atoms with Crippen molar-refractivity contribution < 1.29 is 9.50 Å². The van der Waals surface area contributed by atoms with Gasteiger partial charge in [0.15, 0.2) is 0 Å². The van der Waals surface area contributed by atoms with Crippen LogP contribution < -0.4 is 10.2 Å². The van der Waals surface area contributed by atoms with E-state index < -0.39 is 5.82 Å². The lowest BCUT2D eigenvalue weighted by Crippen LogP contribution is -2.14. The monoisotopic (exact) mass is 274 g/mol. The van der Waals surface area contributed by atoms with E-state index in [1.54, 1.807) is 6.07 Å². The number of phenols is 1. The minimum Gasteiger partial charge on any atom is -0.507 e. The molecule has 2 aromatic carbocycles. The quantitative estimate of drug-likeness (QED) is 0.891. The van der Waals surface area contributed by atoms with Crippen molar-refractivity contribution in [2.24, 2.45) is 0 Å². The summed E-state index contributed by atoms with van der Waals surface area (Å²) in [6.07, 6.45) is 0. The van der Waals surface area contributed by atoms with Gasteiger partial charge in [0, 0.05) is 25.7 Å². The van der Waals surface area contributed by atoms with Crippen molar-refractivity contribution in [1.82, 2.24) is 0 Å². The van der Waals surface area contributed by atoms with Gasteiger partial charge in [0.25, 0.3) is 0 Å². The second-order valence-electron chi connectivity index (χ2n) is 4.98. The number of nitrogens with one attached hydrogen (secondary N) is 1. The Hall–Kier alpha value is -2.23. The molecule has 4 heteroatoms. The smallest absolute Gasteiger partial charge is 0.126 e. The van der Waals surface area contributed by atoms with E-state index in [2.05, 4.69) is 5.32 Å². The zero-order chi connectivity index (χ0) is 14.7. The highest BCUT2D eigenvalue weighted by molar-refractivity contribution is 5.70. The molecule has 1 atom stereocenters. The van der Waals surface area contributed by atoms with Crippen molar-refractivity contribution in [3.63, 3.8) is 0 Å². The maximum Gasteiger partial charge on any atom is 0.126 e. The van der Waals surface area contributed by atoms with Crippen LogP contribution in [0.2, 0.25) is 0 Å². The topological polar surface area (TPSA) is 35.5 Å². The van der Waals surface area contributed by atoms with Crippen LogP contribution in [0.5, 0.6) is 5.75 Å². The molecule has 0 amide bonds. The summed E-state index contributed by atoms with van der Waals surface area (Å²) in [5, 5.41) is 13.2. The van der Waals surface area contributed by atoms with Crippen molar-refractivity contribution in [1.29, 1.82) is 0 Å². The maximum atomic E-state index is 13.0. The molecule has 3 nitrogen and oxygen atoms in total. The first-order valence-electron chi connectivity index (χ1n) is 6.50. The molecule has 0 saturated carbocycles. The molecule has 106 valence electrons. The first-order valence-corrected chi connectivity index (χ1v) is 6.50. The van der Waals surface area contributed by atoms with Gasteiger partial charge in [-0.3, -0.25) is 0 Å². The van der Waals surface area contributed by atoms with Crippen molar-refractivity contribution in [3.8, 4) is 5.75 Å². The second-order valence-corrected chi connectivity index (χ2v) is 4.98. The van der Waals surface area contributed by atoms with Crippen molar-refractivity contribution in [2.45, 2.75) is 13.0 Å². The number of nitrogens with zero attached hydrogens (tertiary/aromatic N) is 1. The second kappa shape index (κ2) is 5.82. The Morgan fingerprint density at radius 3 is 2.50 bits per heavy atom. The maximum absolute atomic E-state index is 13.0. The zero-order valence-corrected chi connectivity index (χ0v) is 11.9. The summed E-state index contributed by atoms with van der Waals surface area (Å²) in [5.41, 5.74) is 2.69. The average Bonchev–Trinajstić information content (AvgIpc) is 2.38. The number of para-hydroxylation sites is 2. The van der Waals surface area contributed by atoms with Gasteiger partial charge < -0.3 is 15.3 Å². The van der Waals surface area contributed by atoms with Gasteiger partial charge in [-0.15, -0.1) is 0 Å². The molecular formula is C16H19FN2O. The number of hydrogen-bond donors (Lipinski definition) is 2. The fourth-order valence-corrected chi connectivity index (χ4v) is 2.18. The summed E-state index contributed by atoms with van der Waals surface area (Å²) >= 11 is 0. The van der Waals surface area contributed by atoms with E-state index in [0.29, 0.717) is 5.56 Å². The van der Waals surface area contributed by atoms with E-state index in [9.17, 15) is 9.50 Å². The average molecular weight is 274 g/mol. The Morgan fingerprint density at radius 1 is 1.15 bits per heavy atom. The Balaban J connectivity index is 2.26. The minimum atomic E-state index is -0.438. The molecule has 0 heterocycles. The molecule has 0 aliphatic rings. The van der Waals surface area contributed by atoms with Crippen molar-refractivity contribution in [2.75, 3.05) is 24.3 Å². The summed E-state index contributed by atoms with van der Waals surface area (Å²) in [7, 11) is 3.95. The Kier molecular flexibility index (Phi) is 4.13. The molecule has 0 radical (unpaired) electrons. The molecule has 0 saturated heterocycles. The van der Waals surface area contributed by atoms with Crippen LogP contribution in [0, 0.1) is 5.82 Å². The summed E-state index contributed by atoms with van der Waals surface area (Å²) in [6, 6.07) is 11.9. The number of aromatic hydroxyl groups is 1. The number of rotatable bonds is 4. The largest absolute Gasteiger partial charge is 0.507 e. The third-order valence-corrected chi connectivity index (χ3v) is 3.22. The molecule has 0 spiro atoms. The predicted octanol–water partition coefficient (Wildman–Crippen LogP) is 3.77. The van der Waals surface area contributed by atoms with Crippen LogP contribution in [0.3, 0.4) is 0 Å². The predicted molar refractivity (Wildman–Crippen MR) is 80.9 cm³/mol. The third-order valence-electron chi connectivity index (χ3n) is 3.22. The van der Waals surface area contributed by atoms with Gasteiger partial charge in [-0.1, -0.05) is 18.2 Å². The Bertz CT molecular complexity index is 599. The fourth-order valence-electron chi connectivity index (χ4n) is 2.18. The molecule has 0 aliphatic carbocycles. The van der Waals surface area contributed by atoms with E-state index >= 15 is 0 Å². The van der Waals surface area contributed by atoms with E-state index in [1.807, 2.05) is 50.2 Å². The van der Waals surface area contributed by atoms with Crippen LogP contribution in [0.4, 0.5) is 15.8 Å². The van der Waals surface area contributed by atoms with Gasteiger partial charge in [-0.05, 0) is 25.1 Å². The Morgan fingerprint density at radius 2 is 1.85 bits per heavy atom. The standard InChI is InChI=1S/C16H19FN2O/c1-11(13-9-8-12(17)10-16(13)20)18-14-6-4-5-7-15(14)19(2)3/h4-11,18,20H,1-3H3. The van der Waals surface area contributed by atoms with Gasteiger partial charge in [-0.2, -0.15) is 0 Å². The highest BCUT2D eigenvalue weighted by Gasteiger charge is 2.13. The number of halogens is 1. The molecule has 2 N–H and O–H groups in total. The van der Waals surface area contributed by atoms with Crippen LogP contribution in [-0.2, 0) is 0 Å². The van der Waals surface area contributed by atoms with Crippen LogP contribution in [0.1, 0.15) is 18.5 Å². The lowest BCUT2D eigenvalue weighted by molar-refractivity contribution is 0.459. The molecule has 0 fully saturated rings. The molecule has 20 heavy (non-hydrogen) atoms. The van der Waals surface area contributed by atoms with E-state index in [4.69, 9.17) is 0 Å². The number of hydrogen-bond acceptors (Lipinski definition) is 3. The summed E-state index contributed by atoms with van der Waals surface area (Å²) < 4.78 is 13.0.